The molecule has 0 spiro atoms. The van der Waals surface area contributed by atoms with Gasteiger partial charge in [-0.2, -0.15) is 0 Å². The molecular weight excluding hydrogens is 236 g/mol. The molecule has 1 fully saturated rings. The Morgan fingerprint density at radius 3 is 2.58 bits per heavy atom. The third-order valence-electron chi connectivity index (χ3n) is 4.02. The lowest BCUT2D eigenvalue weighted by molar-refractivity contribution is -0.129. The summed E-state index contributed by atoms with van der Waals surface area (Å²) in [6.07, 6.45) is 2.12. The number of carbonyl (C=O) groups excluding carboxylic acids is 1. The smallest absolute Gasteiger partial charge is 0.219 e. The summed E-state index contributed by atoms with van der Waals surface area (Å²) in [6, 6.07) is 7.15. The maximum absolute atomic E-state index is 11.3. The Balaban J connectivity index is 1.82. The summed E-state index contributed by atoms with van der Waals surface area (Å²) in [7, 11) is 0. The molecule has 1 aromatic carbocycles. The molecule has 0 aliphatic carbocycles. The van der Waals surface area contributed by atoms with Gasteiger partial charge in [0.05, 0.1) is 0 Å². The van der Waals surface area contributed by atoms with Crippen molar-refractivity contribution < 1.29 is 4.79 Å². The monoisotopic (exact) mass is 260 g/mol. The first-order valence-electron chi connectivity index (χ1n) is 7.11. The van der Waals surface area contributed by atoms with Crippen LogP contribution in [0.3, 0.4) is 0 Å². The number of likely N-dealkylation sites (tertiary alicyclic amines) is 1. The van der Waals surface area contributed by atoms with Crippen LogP contribution in [0.2, 0.25) is 0 Å². The second kappa shape index (κ2) is 6.20. The molecule has 0 radical (unpaired) electrons. The zero-order chi connectivity index (χ0) is 13.8. The van der Waals surface area contributed by atoms with Crippen LogP contribution in [-0.4, -0.2) is 29.9 Å². The minimum atomic E-state index is 0.202. The second-order valence-corrected chi connectivity index (χ2v) is 5.59. The minimum Gasteiger partial charge on any atom is -0.343 e. The van der Waals surface area contributed by atoms with E-state index in [2.05, 4.69) is 37.4 Å². The summed E-state index contributed by atoms with van der Waals surface area (Å²) >= 11 is 0. The normalized spacial score (nSPS) is 16.7. The summed E-state index contributed by atoms with van der Waals surface area (Å²) in [4.78, 5) is 13.2. The van der Waals surface area contributed by atoms with Crippen LogP contribution in [0.25, 0.3) is 0 Å². The second-order valence-electron chi connectivity index (χ2n) is 5.59. The highest BCUT2D eigenvalue weighted by Gasteiger charge is 2.20. The van der Waals surface area contributed by atoms with Crippen molar-refractivity contribution in [1.29, 1.82) is 0 Å². The fourth-order valence-corrected chi connectivity index (χ4v) is 2.70. The molecule has 0 saturated carbocycles. The Morgan fingerprint density at radius 1 is 1.32 bits per heavy atom. The molecule has 19 heavy (non-hydrogen) atoms. The van der Waals surface area contributed by atoms with E-state index in [1.54, 1.807) is 6.92 Å². The molecular formula is C16H24N2O. The summed E-state index contributed by atoms with van der Waals surface area (Å²) in [5.41, 5.74) is 4.05. The molecule has 0 unspecified atom stereocenters. The highest BCUT2D eigenvalue weighted by atomic mass is 16.2. The number of amides is 1. The van der Waals surface area contributed by atoms with Gasteiger partial charge in [-0.1, -0.05) is 23.8 Å². The molecule has 2 rings (SSSR count). The first kappa shape index (κ1) is 14.1. The van der Waals surface area contributed by atoms with Gasteiger partial charge in [0, 0.05) is 32.6 Å². The Hall–Kier alpha value is -1.35. The predicted octanol–water partition coefficient (Wildman–Crippen LogP) is 2.40. The van der Waals surface area contributed by atoms with E-state index < -0.39 is 0 Å². The maximum Gasteiger partial charge on any atom is 0.219 e. The van der Waals surface area contributed by atoms with Gasteiger partial charge in [-0.15, -0.1) is 0 Å². The number of rotatable bonds is 3. The van der Waals surface area contributed by atoms with E-state index in [4.69, 9.17) is 0 Å². The number of hydrogen-bond donors (Lipinski definition) is 1. The number of aryl methyl sites for hydroxylation is 2. The van der Waals surface area contributed by atoms with Crippen molar-refractivity contribution in [2.24, 2.45) is 0 Å². The molecule has 1 amide bonds. The van der Waals surface area contributed by atoms with Crippen LogP contribution in [0.15, 0.2) is 18.2 Å². The van der Waals surface area contributed by atoms with E-state index in [1.165, 1.54) is 16.7 Å². The summed E-state index contributed by atoms with van der Waals surface area (Å²) in [5, 5.41) is 3.62. The van der Waals surface area contributed by atoms with Gasteiger partial charge in [0.2, 0.25) is 5.91 Å². The third kappa shape index (κ3) is 3.80. The van der Waals surface area contributed by atoms with Crippen LogP contribution >= 0.6 is 0 Å². The van der Waals surface area contributed by atoms with Crippen LogP contribution in [0, 0.1) is 13.8 Å². The van der Waals surface area contributed by atoms with E-state index in [-0.39, 0.29) is 5.91 Å². The molecule has 1 aromatic rings. The predicted molar refractivity (Wildman–Crippen MR) is 78.0 cm³/mol. The van der Waals surface area contributed by atoms with Crippen LogP contribution in [0.4, 0.5) is 0 Å². The molecule has 104 valence electrons. The van der Waals surface area contributed by atoms with E-state index in [0.717, 1.165) is 32.5 Å². The molecule has 0 aromatic heterocycles. The standard InChI is InChI=1S/C16H24N2O/c1-12-4-5-15(13(2)10-12)11-17-16-6-8-18(9-7-16)14(3)19/h4-5,10,16-17H,6-9,11H2,1-3H3. The number of benzene rings is 1. The fraction of sp³-hybridized carbons (Fsp3) is 0.562. The highest BCUT2D eigenvalue weighted by molar-refractivity contribution is 5.73. The number of nitrogens with zero attached hydrogens (tertiary/aromatic N) is 1. The molecule has 0 atom stereocenters. The fourth-order valence-electron chi connectivity index (χ4n) is 2.70. The van der Waals surface area contributed by atoms with Crippen molar-refractivity contribution in [2.75, 3.05) is 13.1 Å². The molecule has 1 N–H and O–H groups in total. The third-order valence-corrected chi connectivity index (χ3v) is 4.02. The first-order chi connectivity index (χ1) is 9.06. The van der Waals surface area contributed by atoms with Crippen LogP contribution in [0.1, 0.15) is 36.5 Å². The van der Waals surface area contributed by atoms with Crippen molar-refractivity contribution in [1.82, 2.24) is 10.2 Å². The Labute approximate surface area is 116 Å². The number of nitrogens with one attached hydrogen (secondary N) is 1. The number of piperidine rings is 1. The van der Waals surface area contributed by atoms with Gasteiger partial charge in [0.15, 0.2) is 0 Å². The van der Waals surface area contributed by atoms with Crippen molar-refractivity contribution in [3.63, 3.8) is 0 Å². The Morgan fingerprint density at radius 2 is 2.00 bits per heavy atom. The molecule has 1 aliphatic heterocycles. The SMILES string of the molecule is CC(=O)N1CCC(NCc2ccc(C)cc2C)CC1. The summed E-state index contributed by atoms with van der Waals surface area (Å²) in [6.45, 7) is 8.66. The van der Waals surface area contributed by atoms with Crippen molar-refractivity contribution in [3.8, 4) is 0 Å². The average molecular weight is 260 g/mol. The van der Waals surface area contributed by atoms with Gasteiger partial charge in [0.1, 0.15) is 0 Å². The van der Waals surface area contributed by atoms with E-state index in [1.807, 2.05) is 4.90 Å². The largest absolute Gasteiger partial charge is 0.343 e. The van der Waals surface area contributed by atoms with Crippen molar-refractivity contribution >= 4 is 5.91 Å². The molecule has 1 heterocycles. The Kier molecular flexibility index (Phi) is 4.59. The summed E-state index contributed by atoms with van der Waals surface area (Å²) < 4.78 is 0. The molecule has 1 aliphatic rings. The number of carbonyl (C=O) groups is 1. The average Bonchev–Trinajstić information content (AvgIpc) is 2.38. The van der Waals surface area contributed by atoms with E-state index >= 15 is 0 Å². The van der Waals surface area contributed by atoms with Gasteiger partial charge in [-0.25, -0.2) is 0 Å². The Bertz CT molecular complexity index is 448. The van der Waals surface area contributed by atoms with Gasteiger partial charge in [0.25, 0.3) is 0 Å². The van der Waals surface area contributed by atoms with Gasteiger partial charge >= 0.3 is 0 Å². The van der Waals surface area contributed by atoms with E-state index in [0.29, 0.717) is 6.04 Å². The van der Waals surface area contributed by atoms with Gasteiger partial charge in [-0.05, 0) is 37.8 Å². The quantitative estimate of drug-likeness (QED) is 0.905. The topological polar surface area (TPSA) is 32.3 Å². The molecule has 1 saturated heterocycles. The molecule has 3 heteroatoms. The maximum atomic E-state index is 11.3. The molecule has 0 bridgehead atoms. The molecule has 3 nitrogen and oxygen atoms in total. The first-order valence-corrected chi connectivity index (χ1v) is 7.11. The van der Waals surface area contributed by atoms with Crippen LogP contribution in [0.5, 0.6) is 0 Å². The lowest BCUT2D eigenvalue weighted by Gasteiger charge is -2.32. The van der Waals surface area contributed by atoms with Crippen LogP contribution in [-0.2, 0) is 11.3 Å². The lowest BCUT2D eigenvalue weighted by atomic mass is 10.0. The van der Waals surface area contributed by atoms with Crippen LogP contribution < -0.4 is 5.32 Å². The van der Waals surface area contributed by atoms with Crippen molar-refractivity contribution in [3.05, 3.63) is 34.9 Å². The zero-order valence-corrected chi connectivity index (χ0v) is 12.2. The lowest BCUT2D eigenvalue weighted by Crippen LogP contribution is -2.44. The number of hydrogen-bond acceptors (Lipinski definition) is 2. The zero-order valence-electron chi connectivity index (χ0n) is 12.2. The summed E-state index contributed by atoms with van der Waals surface area (Å²) in [5.74, 6) is 0.202. The van der Waals surface area contributed by atoms with E-state index in [9.17, 15) is 4.79 Å². The van der Waals surface area contributed by atoms with Gasteiger partial charge in [-0.3, -0.25) is 4.79 Å². The van der Waals surface area contributed by atoms with Crippen molar-refractivity contribution in [2.45, 2.75) is 46.2 Å². The van der Waals surface area contributed by atoms with Gasteiger partial charge < -0.3 is 10.2 Å². The minimum absolute atomic E-state index is 0.202. The highest BCUT2D eigenvalue weighted by Crippen LogP contribution is 2.14.